The summed E-state index contributed by atoms with van der Waals surface area (Å²) in [5.41, 5.74) is 0.0587. The number of hydrazone groups is 1. The molecular weight excluding hydrogens is 330 g/mol. The highest BCUT2D eigenvalue weighted by Crippen LogP contribution is 2.24. The Kier molecular flexibility index (Phi) is 4.16. The first-order valence-corrected chi connectivity index (χ1v) is 9.59. The largest absolute Gasteiger partial charge is 0.345 e. The molecule has 2 heterocycles. The maximum atomic E-state index is 12.5. The zero-order valence-electron chi connectivity index (χ0n) is 13.4. The van der Waals surface area contributed by atoms with Crippen LogP contribution in [-0.2, 0) is 19.4 Å². The fourth-order valence-corrected chi connectivity index (χ4v) is 5.04. The van der Waals surface area contributed by atoms with Crippen LogP contribution in [0.15, 0.2) is 35.4 Å². The van der Waals surface area contributed by atoms with E-state index in [1.807, 2.05) is 6.07 Å². The normalized spacial score (nSPS) is 26.1. The second-order valence-electron chi connectivity index (χ2n) is 6.44. The van der Waals surface area contributed by atoms with Crippen molar-refractivity contribution in [2.75, 3.05) is 16.5 Å². The quantitative estimate of drug-likeness (QED) is 0.875. The number of nitrogens with one attached hydrogen (secondary N) is 1. The third kappa shape index (κ3) is 3.48. The molecule has 7 nitrogen and oxygen atoms in total. The maximum Gasteiger partial charge on any atom is 0.267 e. The average Bonchev–Trinajstić information content (AvgIpc) is 2.81. The summed E-state index contributed by atoms with van der Waals surface area (Å²) in [5.74, 6) is -0.582. The lowest BCUT2D eigenvalue weighted by Gasteiger charge is -2.27. The van der Waals surface area contributed by atoms with Gasteiger partial charge in [-0.25, -0.2) is 13.4 Å². The third-order valence-corrected chi connectivity index (χ3v) is 6.12. The van der Waals surface area contributed by atoms with Gasteiger partial charge in [0.15, 0.2) is 9.84 Å². The molecule has 0 radical (unpaired) electrons. The monoisotopic (exact) mass is 349 g/mol. The molecule has 1 N–H and O–H groups in total. The Hall–Kier alpha value is -2.22. The van der Waals surface area contributed by atoms with E-state index in [0.717, 1.165) is 0 Å². The Labute approximate surface area is 140 Å². The number of hydrogen-bond donors (Lipinski definition) is 1. The minimum absolute atomic E-state index is 0.0691. The van der Waals surface area contributed by atoms with Gasteiger partial charge >= 0.3 is 0 Å². The highest BCUT2D eigenvalue weighted by Gasteiger charge is 2.40. The second-order valence-corrected chi connectivity index (χ2v) is 8.63. The molecule has 128 valence electrons. The fraction of sp³-hybridized carbons (Fsp3) is 0.438. The molecule has 0 bridgehead atoms. The number of benzene rings is 1. The zero-order chi connectivity index (χ0) is 17.4. The summed E-state index contributed by atoms with van der Waals surface area (Å²) >= 11 is 0. The lowest BCUT2D eigenvalue weighted by atomic mass is 10.0. The first kappa shape index (κ1) is 16.6. The molecule has 24 heavy (non-hydrogen) atoms. The highest BCUT2D eigenvalue weighted by molar-refractivity contribution is 7.91. The van der Waals surface area contributed by atoms with Gasteiger partial charge in [0.25, 0.3) is 5.91 Å². The van der Waals surface area contributed by atoms with E-state index in [2.05, 4.69) is 10.4 Å². The predicted octanol–water partition coefficient (Wildman–Crippen LogP) is 0.863. The van der Waals surface area contributed by atoms with Gasteiger partial charge < -0.3 is 5.32 Å². The molecule has 2 amide bonds. The number of rotatable bonds is 3. The Bertz CT molecular complexity index is 804. The average molecular weight is 349 g/mol. The smallest absolute Gasteiger partial charge is 0.267 e. The minimum Gasteiger partial charge on any atom is -0.345 e. The summed E-state index contributed by atoms with van der Waals surface area (Å²) in [7, 11) is -3.11. The van der Waals surface area contributed by atoms with Gasteiger partial charge in [0.05, 0.1) is 22.7 Å². The van der Waals surface area contributed by atoms with Crippen molar-refractivity contribution in [3.05, 3.63) is 30.3 Å². The number of anilines is 1. The highest BCUT2D eigenvalue weighted by atomic mass is 32.2. The van der Waals surface area contributed by atoms with E-state index in [1.54, 1.807) is 31.2 Å². The van der Waals surface area contributed by atoms with Crippen LogP contribution in [0.1, 0.15) is 26.2 Å². The van der Waals surface area contributed by atoms with Gasteiger partial charge in [0, 0.05) is 12.8 Å². The minimum atomic E-state index is -3.11. The summed E-state index contributed by atoms with van der Waals surface area (Å²) in [6, 6.07) is 8.89. The molecule has 3 rings (SSSR count). The fourth-order valence-electron chi connectivity index (χ4n) is 2.94. The number of carbonyl (C=O) groups is 2. The molecule has 2 aliphatic heterocycles. The molecule has 0 spiro atoms. The molecule has 0 aromatic heterocycles. The van der Waals surface area contributed by atoms with Crippen LogP contribution in [0, 0.1) is 0 Å². The Morgan fingerprint density at radius 1 is 1.25 bits per heavy atom. The van der Waals surface area contributed by atoms with Crippen LogP contribution in [0.3, 0.4) is 0 Å². The van der Waals surface area contributed by atoms with Crippen LogP contribution in [0.5, 0.6) is 0 Å². The molecule has 1 fully saturated rings. The van der Waals surface area contributed by atoms with Crippen molar-refractivity contribution >= 4 is 33.1 Å². The van der Waals surface area contributed by atoms with E-state index < -0.39 is 21.3 Å². The number of para-hydroxylation sites is 1. The molecule has 2 aliphatic rings. The molecular formula is C16H19N3O4S. The SMILES string of the molecule is CC1(NC(=O)C2=NN(c3ccccc3)C(=O)CC2)CCS(=O)(=O)C1. The van der Waals surface area contributed by atoms with Gasteiger partial charge in [-0.05, 0) is 25.5 Å². The van der Waals surface area contributed by atoms with Gasteiger partial charge in [-0.2, -0.15) is 5.10 Å². The number of amides is 2. The predicted molar refractivity (Wildman–Crippen MR) is 90.4 cm³/mol. The molecule has 1 saturated heterocycles. The van der Waals surface area contributed by atoms with Gasteiger partial charge in [-0.15, -0.1) is 0 Å². The lowest BCUT2D eigenvalue weighted by Crippen LogP contribution is -2.50. The van der Waals surface area contributed by atoms with Crippen molar-refractivity contribution in [2.45, 2.75) is 31.7 Å². The van der Waals surface area contributed by atoms with Crippen LogP contribution in [0.25, 0.3) is 0 Å². The molecule has 0 saturated carbocycles. The van der Waals surface area contributed by atoms with E-state index in [9.17, 15) is 18.0 Å². The van der Waals surface area contributed by atoms with Crippen LogP contribution in [0.4, 0.5) is 5.69 Å². The van der Waals surface area contributed by atoms with E-state index in [-0.39, 0.29) is 36.0 Å². The van der Waals surface area contributed by atoms with Crippen LogP contribution in [0.2, 0.25) is 0 Å². The lowest BCUT2D eigenvalue weighted by molar-refractivity contribution is -0.119. The van der Waals surface area contributed by atoms with E-state index in [1.165, 1.54) is 5.01 Å². The number of carbonyl (C=O) groups excluding carboxylic acids is 2. The standard InChI is InChI=1S/C16H19N3O4S/c1-16(9-10-24(22,23)11-16)17-15(21)13-7-8-14(20)19(18-13)12-5-3-2-4-6-12/h2-6H,7-11H2,1H3,(H,17,21). The first-order valence-electron chi connectivity index (χ1n) is 7.76. The summed E-state index contributed by atoms with van der Waals surface area (Å²) in [6.07, 6.45) is 0.822. The summed E-state index contributed by atoms with van der Waals surface area (Å²) in [4.78, 5) is 24.5. The van der Waals surface area contributed by atoms with Gasteiger partial charge in [0.2, 0.25) is 5.91 Å². The van der Waals surface area contributed by atoms with E-state index >= 15 is 0 Å². The molecule has 8 heteroatoms. The van der Waals surface area contributed by atoms with Gasteiger partial charge in [0.1, 0.15) is 5.71 Å². The van der Waals surface area contributed by atoms with Crippen LogP contribution >= 0.6 is 0 Å². The van der Waals surface area contributed by atoms with Crippen molar-refractivity contribution in [3.8, 4) is 0 Å². The maximum absolute atomic E-state index is 12.5. The number of hydrogen-bond acceptors (Lipinski definition) is 5. The van der Waals surface area contributed by atoms with Crippen LogP contribution in [-0.4, -0.2) is 43.0 Å². The van der Waals surface area contributed by atoms with E-state index in [0.29, 0.717) is 12.1 Å². The first-order chi connectivity index (χ1) is 11.3. The van der Waals surface area contributed by atoms with Crippen molar-refractivity contribution in [1.82, 2.24) is 5.32 Å². The summed E-state index contributed by atoms with van der Waals surface area (Å²) < 4.78 is 23.3. The molecule has 0 aliphatic carbocycles. The van der Waals surface area contributed by atoms with Gasteiger partial charge in [-0.1, -0.05) is 18.2 Å². The Morgan fingerprint density at radius 3 is 2.58 bits per heavy atom. The topological polar surface area (TPSA) is 95.9 Å². The third-order valence-electron chi connectivity index (χ3n) is 4.21. The number of sulfone groups is 1. The van der Waals surface area contributed by atoms with E-state index in [4.69, 9.17) is 0 Å². The second kappa shape index (κ2) is 6.01. The van der Waals surface area contributed by atoms with Gasteiger partial charge in [-0.3, -0.25) is 9.59 Å². The van der Waals surface area contributed by atoms with Crippen molar-refractivity contribution in [2.24, 2.45) is 5.10 Å². The summed E-state index contributed by atoms with van der Waals surface area (Å²) in [5, 5.41) is 8.19. The van der Waals surface area contributed by atoms with Crippen molar-refractivity contribution < 1.29 is 18.0 Å². The molecule has 1 aromatic rings. The zero-order valence-corrected chi connectivity index (χ0v) is 14.2. The van der Waals surface area contributed by atoms with Crippen LogP contribution < -0.4 is 10.3 Å². The molecule has 1 aromatic carbocycles. The summed E-state index contributed by atoms with van der Waals surface area (Å²) in [6.45, 7) is 1.72. The Balaban J connectivity index is 1.79. The Morgan fingerprint density at radius 2 is 1.96 bits per heavy atom. The molecule has 1 unspecified atom stereocenters. The van der Waals surface area contributed by atoms with Crippen molar-refractivity contribution in [3.63, 3.8) is 0 Å². The number of nitrogens with zero attached hydrogens (tertiary/aromatic N) is 2. The van der Waals surface area contributed by atoms with Crippen molar-refractivity contribution in [1.29, 1.82) is 0 Å². The molecule has 1 atom stereocenters.